The van der Waals surface area contributed by atoms with Crippen molar-refractivity contribution in [1.82, 2.24) is 0 Å². The molecule has 0 saturated carbocycles. The molecule has 0 fully saturated rings. The predicted octanol–water partition coefficient (Wildman–Crippen LogP) is 12.6. The van der Waals surface area contributed by atoms with Crippen molar-refractivity contribution >= 4 is 5.78 Å². The van der Waals surface area contributed by atoms with Gasteiger partial charge >= 0.3 is 0 Å². The fourth-order valence-corrected chi connectivity index (χ4v) is 6.98. The van der Waals surface area contributed by atoms with Gasteiger partial charge in [-0.15, -0.1) is 0 Å². The molecule has 232 valence electrons. The van der Waals surface area contributed by atoms with Crippen molar-refractivity contribution in [3.63, 3.8) is 0 Å². The van der Waals surface area contributed by atoms with Gasteiger partial charge in [0.1, 0.15) is 0 Å². The van der Waals surface area contributed by atoms with Crippen LogP contribution in [0.15, 0.2) is 58.7 Å². The molecule has 41 heavy (non-hydrogen) atoms. The van der Waals surface area contributed by atoms with Crippen molar-refractivity contribution in [2.45, 2.75) is 153 Å². The minimum atomic E-state index is 0.115. The van der Waals surface area contributed by atoms with Crippen molar-refractivity contribution in [3.05, 3.63) is 58.7 Å². The molecule has 0 aromatic rings. The van der Waals surface area contributed by atoms with Crippen LogP contribution in [0, 0.1) is 34.5 Å². The smallest absolute Gasteiger partial charge is 0.158 e. The molecule has 0 heterocycles. The molecule has 4 unspecified atom stereocenters. The molecule has 0 amide bonds. The average Bonchev–Trinajstić information content (AvgIpc) is 2.88. The second-order valence-electron chi connectivity index (χ2n) is 15.4. The second kappa shape index (κ2) is 16.9. The van der Waals surface area contributed by atoms with E-state index in [0.29, 0.717) is 35.4 Å². The lowest BCUT2D eigenvalue weighted by molar-refractivity contribution is -0.116. The van der Waals surface area contributed by atoms with Crippen molar-refractivity contribution in [2.24, 2.45) is 34.5 Å². The summed E-state index contributed by atoms with van der Waals surface area (Å²) in [5.74, 6) is 3.02. The maximum Gasteiger partial charge on any atom is 0.158 e. The highest BCUT2D eigenvalue weighted by Crippen LogP contribution is 2.41. The maximum atomic E-state index is 12.2. The lowest BCUT2D eigenvalue weighted by Gasteiger charge is -2.33. The van der Waals surface area contributed by atoms with Gasteiger partial charge in [0.25, 0.3) is 0 Å². The predicted molar refractivity (Wildman–Crippen MR) is 182 cm³/mol. The number of hydrogen-bond donors (Lipinski definition) is 0. The zero-order valence-corrected chi connectivity index (χ0v) is 28.9. The Labute approximate surface area is 256 Å². The van der Waals surface area contributed by atoms with E-state index in [0.717, 1.165) is 17.9 Å². The van der Waals surface area contributed by atoms with E-state index in [1.165, 1.54) is 76.2 Å². The molecule has 0 N–H and O–H groups in total. The molecule has 0 aromatic heterocycles. The van der Waals surface area contributed by atoms with Gasteiger partial charge in [-0.25, -0.2) is 0 Å². The lowest BCUT2D eigenvalue weighted by Crippen LogP contribution is -2.24. The molecule has 2 aliphatic carbocycles. The van der Waals surface area contributed by atoms with Crippen molar-refractivity contribution < 1.29 is 4.79 Å². The lowest BCUT2D eigenvalue weighted by atomic mass is 9.72. The number of hydrogen-bond acceptors (Lipinski definition) is 1. The van der Waals surface area contributed by atoms with Gasteiger partial charge in [-0.3, -0.25) is 4.79 Å². The van der Waals surface area contributed by atoms with E-state index < -0.39 is 0 Å². The van der Waals surface area contributed by atoms with Crippen LogP contribution in [0.25, 0.3) is 0 Å². The Kier molecular flexibility index (Phi) is 14.6. The van der Waals surface area contributed by atoms with Gasteiger partial charge in [-0.2, -0.15) is 0 Å². The van der Waals surface area contributed by atoms with E-state index in [-0.39, 0.29) is 5.41 Å². The molecule has 0 radical (unpaired) electrons. The Balaban J connectivity index is 1.61. The highest BCUT2D eigenvalue weighted by molar-refractivity contribution is 5.97. The molecule has 0 aromatic carbocycles. The third-order valence-electron chi connectivity index (χ3n) is 10.2. The van der Waals surface area contributed by atoms with Crippen molar-refractivity contribution in [3.8, 4) is 0 Å². The summed E-state index contributed by atoms with van der Waals surface area (Å²) in [6.07, 6.45) is 30.3. The van der Waals surface area contributed by atoms with Crippen LogP contribution in [-0.4, -0.2) is 5.78 Å². The number of carbonyl (C=O) groups excluding carboxylic acids is 1. The highest BCUT2D eigenvalue weighted by atomic mass is 16.1. The Hall–Kier alpha value is -1.63. The second-order valence-corrected chi connectivity index (χ2v) is 15.4. The van der Waals surface area contributed by atoms with Gasteiger partial charge in [0.05, 0.1) is 0 Å². The van der Waals surface area contributed by atoms with Crippen LogP contribution in [0.5, 0.6) is 0 Å². The van der Waals surface area contributed by atoms with E-state index >= 15 is 0 Å². The number of allylic oxidation sites excluding steroid dienone is 10. The molecular weight excluding hydrogens is 496 g/mol. The van der Waals surface area contributed by atoms with Gasteiger partial charge in [-0.05, 0) is 123 Å². The number of carbonyl (C=O) groups is 1. The Morgan fingerprint density at radius 2 is 1.22 bits per heavy atom. The highest BCUT2D eigenvalue weighted by Gasteiger charge is 2.30. The third-order valence-corrected chi connectivity index (χ3v) is 10.2. The minimum Gasteiger partial charge on any atom is -0.295 e. The monoisotopic (exact) mass is 563 g/mol. The van der Waals surface area contributed by atoms with Crippen LogP contribution in [0.4, 0.5) is 0 Å². The van der Waals surface area contributed by atoms with Gasteiger partial charge < -0.3 is 0 Å². The Bertz CT molecular complexity index is 978. The van der Waals surface area contributed by atoms with Crippen LogP contribution in [0.3, 0.4) is 0 Å². The number of Topliss-reactive ketones (excluding diaryl/α,β-unsaturated/α-hetero) is 1. The van der Waals surface area contributed by atoms with Gasteiger partial charge in [0.15, 0.2) is 5.78 Å². The molecule has 0 spiro atoms. The number of ketones is 1. The molecule has 2 aliphatic rings. The van der Waals surface area contributed by atoms with Gasteiger partial charge in [0.2, 0.25) is 0 Å². The molecule has 4 atom stereocenters. The van der Waals surface area contributed by atoms with Crippen molar-refractivity contribution in [1.29, 1.82) is 0 Å². The molecule has 0 aliphatic heterocycles. The van der Waals surface area contributed by atoms with Gasteiger partial charge in [-0.1, -0.05) is 117 Å². The summed E-state index contributed by atoms with van der Waals surface area (Å²) in [4.78, 5) is 12.2. The standard InChI is InChI=1S/C40H66O/c1-30(18-13-20-32(3)23-25-36-34(5)22-15-28-39(36,7)8)16-11-12-17-31(2)19-14-21-33(4)24-26-37-35(6)38(41)27-29-40(37,9)10/h12,17,23-26,30-33H,11,13-16,18-22,27-29H2,1-10H3/b17-12+,25-23+,26-24+. The first kappa shape index (κ1) is 35.6. The van der Waals surface area contributed by atoms with E-state index in [9.17, 15) is 4.79 Å². The first-order valence-electron chi connectivity index (χ1n) is 17.2. The summed E-state index contributed by atoms with van der Waals surface area (Å²) >= 11 is 0. The molecule has 0 bridgehead atoms. The quantitative estimate of drug-likeness (QED) is 0.171. The normalized spacial score (nSPS) is 22.7. The Morgan fingerprint density at radius 1 is 0.683 bits per heavy atom. The largest absolute Gasteiger partial charge is 0.295 e. The summed E-state index contributed by atoms with van der Waals surface area (Å²) in [5.41, 5.74) is 5.90. The minimum absolute atomic E-state index is 0.115. The summed E-state index contributed by atoms with van der Waals surface area (Å²) in [5, 5.41) is 0. The molecule has 1 nitrogen and oxygen atoms in total. The van der Waals surface area contributed by atoms with Gasteiger partial charge in [0, 0.05) is 6.42 Å². The fourth-order valence-electron chi connectivity index (χ4n) is 6.98. The first-order chi connectivity index (χ1) is 19.2. The van der Waals surface area contributed by atoms with Crippen LogP contribution in [-0.2, 0) is 4.79 Å². The summed E-state index contributed by atoms with van der Waals surface area (Å²) in [6.45, 7) is 23.3. The molecule has 0 saturated heterocycles. The third kappa shape index (κ3) is 12.2. The van der Waals surface area contributed by atoms with Crippen molar-refractivity contribution in [2.75, 3.05) is 0 Å². The van der Waals surface area contributed by atoms with E-state index in [2.05, 4.69) is 98.8 Å². The summed E-state index contributed by atoms with van der Waals surface area (Å²) < 4.78 is 0. The SMILES string of the molecule is CC1=C(/C=C/C(C)CCCC(C)CC/C=C/C(C)CCCC(C)/C=C/C2=C(C)C(=O)CCC2(C)C)C(C)(C)CCC1. The van der Waals surface area contributed by atoms with Crippen LogP contribution in [0.1, 0.15) is 153 Å². The zero-order chi connectivity index (χ0) is 30.6. The zero-order valence-electron chi connectivity index (χ0n) is 28.9. The van der Waals surface area contributed by atoms with E-state index in [1.807, 2.05) is 6.92 Å². The van der Waals surface area contributed by atoms with Crippen LogP contribution < -0.4 is 0 Å². The van der Waals surface area contributed by atoms with Crippen LogP contribution >= 0.6 is 0 Å². The molecular formula is C40H66O. The van der Waals surface area contributed by atoms with E-state index in [4.69, 9.17) is 0 Å². The molecule has 1 heteroatoms. The topological polar surface area (TPSA) is 17.1 Å². The summed E-state index contributed by atoms with van der Waals surface area (Å²) in [6, 6.07) is 0. The molecule has 2 rings (SSSR count). The first-order valence-corrected chi connectivity index (χ1v) is 17.2. The fraction of sp³-hybridized carbons (Fsp3) is 0.725. The summed E-state index contributed by atoms with van der Waals surface area (Å²) in [7, 11) is 0. The average molecular weight is 563 g/mol. The van der Waals surface area contributed by atoms with Crippen LogP contribution in [0.2, 0.25) is 0 Å². The number of rotatable bonds is 16. The Morgan fingerprint density at radius 3 is 1.83 bits per heavy atom. The van der Waals surface area contributed by atoms with E-state index in [1.54, 1.807) is 11.1 Å². The maximum absolute atomic E-state index is 12.2.